The lowest BCUT2D eigenvalue weighted by Gasteiger charge is -2.15. The minimum Gasteiger partial charge on any atom is -0.250 e. The molecule has 90 valence electrons. The zero-order valence-electron chi connectivity index (χ0n) is 10.3. The third kappa shape index (κ3) is 3.67. The van der Waals surface area contributed by atoms with Crippen molar-refractivity contribution in [2.45, 2.75) is 38.5 Å². The Bertz CT molecular complexity index is 408. The first-order valence-corrected chi connectivity index (χ1v) is 7.21. The first-order chi connectivity index (χ1) is 8.40. The number of benzene rings is 1. The van der Waals surface area contributed by atoms with Crippen molar-refractivity contribution < 1.29 is 0 Å². The van der Waals surface area contributed by atoms with Gasteiger partial charge in [-0.1, -0.05) is 50.1 Å². The lowest BCUT2D eigenvalue weighted by molar-refractivity contribution is 0.580. The highest BCUT2D eigenvalue weighted by Crippen LogP contribution is 2.26. The summed E-state index contributed by atoms with van der Waals surface area (Å²) in [5, 5.41) is 3.33. The van der Waals surface area contributed by atoms with Crippen molar-refractivity contribution in [3.05, 3.63) is 52.5 Å². The third-order valence-corrected chi connectivity index (χ3v) is 3.88. The Kier molecular flexibility index (Phi) is 4.75. The summed E-state index contributed by atoms with van der Waals surface area (Å²) in [6, 6.07) is 10.8. The van der Waals surface area contributed by atoms with Gasteiger partial charge in [0, 0.05) is 18.0 Å². The molecule has 1 unspecified atom stereocenters. The molecule has 2 aromatic rings. The molecule has 0 aliphatic carbocycles. The first-order valence-electron chi connectivity index (χ1n) is 6.33. The third-order valence-electron chi connectivity index (χ3n) is 3.08. The van der Waals surface area contributed by atoms with Crippen LogP contribution in [0.4, 0.5) is 0 Å². The maximum absolute atomic E-state index is 4.41. The predicted molar refractivity (Wildman–Crippen MR) is 74.5 cm³/mol. The van der Waals surface area contributed by atoms with Crippen LogP contribution in [-0.2, 0) is 6.42 Å². The van der Waals surface area contributed by atoms with Gasteiger partial charge in [-0.05, 0) is 17.9 Å². The van der Waals surface area contributed by atoms with Gasteiger partial charge in [-0.25, -0.2) is 4.98 Å². The zero-order valence-corrected chi connectivity index (χ0v) is 11.1. The average molecular weight is 245 g/mol. The van der Waals surface area contributed by atoms with Crippen molar-refractivity contribution >= 4 is 11.3 Å². The van der Waals surface area contributed by atoms with Crippen molar-refractivity contribution in [3.8, 4) is 0 Å². The molecule has 1 aromatic heterocycles. The van der Waals surface area contributed by atoms with Gasteiger partial charge in [-0.2, -0.15) is 0 Å². The molecular weight excluding hydrogens is 226 g/mol. The van der Waals surface area contributed by atoms with Crippen LogP contribution >= 0.6 is 11.3 Å². The topological polar surface area (TPSA) is 12.9 Å². The van der Waals surface area contributed by atoms with Crippen LogP contribution in [0.1, 0.15) is 42.7 Å². The van der Waals surface area contributed by atoms with Crippen molar-refractivity contribution in [3.63, 3.8) is 0 Å². The molecule has 1 atom stereocenters. The summed E-state index contributed by atoms with van der Waals surface area (Å²) in [4.78, 5) is 4.41. The largest absolute Gasteiger partial charge is 0.250 e. The van der Waals surface area contributed by atoms with Crippen molar-refractivity contribution in [2.75, 3.05) is 0 Å². The van der Waals surface area contributed by atoms with E-state index in [-0.39, 0.29) is 0 Å². The molecule has 0 N–H and O–H groups in total. The first kappa shape index (κ1) is 12.3. The van der Waals surface area contributed by atoms with Gasteiger partial charge in [0.2, 0.25) is 0 Å². The summed E-state index contributed by atoms with van der Waals surface area (Å²) in [6.45, 7) is 2.26. The van der Waals surface area contributed by atoms with Gasteiger partial charge in [-0.3, -0.25) is 0 Å². The van der Waals surface area contributed by atoms with Gasteiger partial charge in [0.25, 0.3) is 0 Å². The minimum absolute atomic E-state index is 0.627. The number of nitrogens with zero attached hydrogens (tertiary/aromatic N) is 1. The molecular formula is C15H19NS. The van der Waals surface area contributed by atoms with Crippen molar-refractivity contribution in [1.29, 1.82) is 0 Å². The molecule has 0 aliphatic rings. The highest BCUT2D eigenvalue weighted by molar-refractivity contribution is 7.09. The van der Waals surface area contributed by atoms with Gasteiger partial charge in [0.1, 0.15) is 0 Å². The van der Waals surface area contributed by atoms with Gasteiger partial charge in [-0.15, -0.1) is 11.3 Å². The molecule has 2 heteroatoms. The maximum Gasteiger partial charge on any atom is 0.0930 e. The Hall–Kier alpha value is -1.15. The van der Waals surface area contributed by atoms with E-state index in [1.54, 1.807) is 11.3 Å². The van der Waals surface area contributed by atoms with Gasteiger partial charge in [0.15, 0.2) is 0 Å². The van der Waals surface area contributed by atoms with Gasteiger partial charge in [0.05, 0.1) is 5.01 Å². The van der Waals surface area contributed by atoms with Gasteiger partial charge < -0.3 is 0 Å². The number of unbranched alkanes of at least 4 members (excludes halogenated alkanes) is 1. The summed E-state index contributed by atoms with van der Waals surface area (Å²) < 4.78 is 0. The quantitative estimate of drug-likeness (QED) is 0.721. The summed E-state index contributed by atoms with van der Waals surface area (Å²) in [6.07, 6.45) is 6.82. The van der Waals surface area contributed by atoms with Crippen molar-refractivity contribution in [1.82, 2.24) is 4.98 Å². The van der Waals surface area contributed by atoms with E-state index in [9.17, 15) is 0 Å². The summed E-state index contributed by atoms with van der Waals surface area (Å²) in [5.41, 5.74) is 1.45. The number of aromatic nitrogens is 1. The molecule has 1 aromatic carbocycles. The number of hydrogen-bond donors (Lipinski definition) is 0. The second kappa shape index (κ2) is 6.55. The van der Waals surface area contributed by atoms with E-state index >= 15 is 0 Å². The van der Waals surface area contributed by atoms with E-state index in [0.717, 1.165) is 6.42 Å². The number of thiazole rings is 1. The highest BCUT2D eigenvalue weighted by atomic mass is 32.1. The zero-order chi connectivity index (χ0) is 11.9. The van der Waals surface area contributed by atoms with E-state index in [1.165, 1.54) is 29.8 Å². The smallest absolute Gasteiger partial charge is 0.0930 e. The molecule has 2 rings (SSSR count). The molecule has 0 spiro atoms. The molecule has 0 bridgehead atoms. The average Bonchev–Trinajstić information content (AvgIpc) is 2.88. The molecule has 0 aliphatic heterocycles. The Balaban J connectivity index is 2.08. The molecule has 0 saturated carbocycles. The van der Waals surface area contributed by atoms with Crippen LogP contribution in [-0.4, -0.2) is 4.98 Å². The fourth-order valence-corrected chi connectivity index (χ4v) is 2.82. The van der Waals surface area contributed by atoms with E-state index in [4.69, 9.17) is 0 Å². The highest BCUT2D eigenvalue weighted by Gasteiger charge is 2.12. The molecule has 0 fully saturated rings. The Morgan fingerprint density at radius 1 is 1.24 bits per heavy atom. The van der Waals surface area contributed by atoms with Crippen molar-refractivity contribution in [2.24, 2.45) is 0 Å². The fraction of sp³-hybridized carbons (Fsp3) is 0.400. The molecule has 0 saturated heterocycles. The van der Waals surface area contributed by atoms with Crippen LogP contribution in [0.25, 0.3) is 0 Å². The molecule has 1 nitrogen and oxygen atoms in total. The van der Waals surface area contributed by atoms with Crippen LogP contribution in [0.2, 0.25) is 0 Å². The van der Waals surface area contributed by atoms with Crippen LogP contribution in [0.15, 0.2) is 41.9 Å². The van der Waals surface area contributed by atoms with E-state index in [0.29, 0.717) is 5.92 Å². The molecule has 1 heterocycles. The van der Waals surface area contributed by atoms with E-state index < -0.39 is 0 Å². The number of hydrogen-bond acceptors (Lipinski definition) is 2. The van der Waals surface area contributed by atoms with Crippen LogP contribution in [0, 0.1) is 0 Å². The lowest BCUT2D eigenvalue weighted by atomic mass is 9.91. The molecule has 17 heavy (non-hydrogen) atoms. The summed E-state index contributed by atoms with van der Waals surface area (Å²) in [7, 11) is 0. The molecule has 0 radical (unpaired) electrons. The Labute approximate surface area is 108 Å². The monoisotopic (exact) mass is 245 g/mol. The Morgan fingerprint density at radius 3 is 2.71 bits per heavy atom. The molecule has 0 amide bonds. The summed E-state index contributed by atoms with van der Waals surface area (Å²) >= 11 is 1.77. The second-order valence-corrected chi connectivity index (χ2v) is 5.36. The predicted octanol–water partition coefficient (Wildman–Crippen LogP) is 4.66. The number of rotatable bonds is 6. The standard InChI is InChI=1S/C15H19NS/c1-2-3-7-14(12-15-16-10-11-17-15)13-8-5-4-6-9-13/h4-6,8-11,14H,2-3,7,12H2,1H3. The van der Waals surface area contributed by atoms with Gasteiger partial charge >= 0.3 is 0 Å². The Morgan fingerprint density at radius 2 is 2.06 bits per heavy atom. The normalized spacial score (nSPS) is 12.5. The van der Waals surface area contributed by atoms with E-state index in [2.05, 4.69) is 47.6 Å². The van der Waals surface area contributed by atoms with Crippen LogP contribution in [0.3, 0.4) is 0 Å². The minimum atomic E-state index is 0.627. The summed E-state index contributed by atoms with van der Waals surface area (Å²) in [5.74, 6) is 0.627. The maximum atomic E-state index is 4.41. The van der Waals surface area contributed by atoms with E-state index in [1.807, 2.05) is 6.20 Å². The van der Waals surface area contributed by atoms with Crippen LogP contribution < -0.4 is 0 Å². The lowest BCUT2D eigenvalue weighted by Crippen LogP contribution is -2.02. The fourth-order valence-electron chi connectivity index (χ4n) is 2.13. The second-order valence-electron chi connectivity index (χ2n) is 4.38. The van der Waals surface area contributed by atoms with Crippen LogP contribution in [0.5, 0.6) is 0 Å². The SMILES string of the molecule is CCCCC(Cc1nccs1)c1ccccc1.